The van der Waals surface area contributed by atoms with E-state index < -0.39 is 22.0 Å². The molecule has 0 aromatic heterocycles. The summed E-state index contributed by atoms with van der Waals surface area (Å²) in [6.45, 7) is 3.44. The molecule has 0 heterocycles. The molecule has 1 atom stereocenters. The minimum atomic E-state index is -3.74. The third-order valence-corrected chi connectivity index (χ3v) is 5.24. The van der Waals surface area contributed by atoms with Gasteiger partial charge in [0.05, 0.1) is 4.90 Å². The van der Waals surface area contributed by atoms with Gasteiger partial charge in [-0.3, -0.25) is 4.79 Å². The van der Waals surface area contributed by atoms with Crippen LogP contribution in [-0.2, 0) is 35.6 Å². The summed E-state index contributed by atoms with van der Waals surface area (Å²) in [4.78, 5) is 11.8. The number of hydrogen-bond donors (Lipinski definition) is 1. The van der Waals surface area contributed by atoms with Gasteiger partial charge in [-0.1, -0.05) is 26.0 Å². The Bertz CT molecular complexity index is 639. The first kappa shape index (κ1) is 21.5. The zero-order valence-electron chi connectivity index (χ0n) is 15.0. The van der Waals surface area contributed by atoms with E-state index in [1.807, 2.05) is 13.8 Å². The van der Waals surface area contributed by atoms with E-state index in [1.165, 1.54) is 26.4 Å². The van der Waals surface area contributed by atoms with Crippen LogP contribution in [0.15, 0.2) is 29.2 Å². The predicted octanol–water partition coefficient (Wildman–Crippen LogP) is 0.912. The Kier molecular flexibility index (Phi) is 8.46. The number of esters is 1. The molecule has 0 spiro atoms. The van der Waals surface area contributed by atoms with E-state index in [9.17, 15) is 13.2 Å². The zero-order chi connectivity index (χ0) is 19.0. The Morgan fingerprint density at radius 1 is 1.12 bits per heavy atom. The van der Waals surface area contributed by atoms with Gasteiger partial charge in [0.1, 0.15) is 26.1 Å². The van der Waals surface area contributed by atoms with Crippen molar-refractivity contribution in [1.29, 1.82) is 0 Å². The summed E-state index contributed by atoms with van der Waals surface area (Å²) in [7, 11) is -0.942. The molecule has 9 heteroatoms. The number of carbonyl (C=O) groups is 1. The molecule has 142 valence electrons. The smallest absolute Gasteiger partial charge is 0.323 e. The number of ether oxygens (including phenoxy) is 3. The molecule has 0 saturated heterocycles. The monoisotopic (exact) mass is 374 g/mol. The number of nitrogens with two attached hydrogens (primary N) is 1. The van der Waals surface area contributed by atoms with Crippen LogP contribution < -0.4 is 5.73 Å². The van der Waals surface area contributed by atoms with Crippen molar-refractivity contribution in [3.05, 3.63) is 29.8 Å². The second kappa shape index (κ2) is 9.83. The molecule has 1 aromatic carbocycles. The lowest BCUT2D eigenvalue weighted by atomic mass is 10.1. The molecule has 0 aliphatic carbocycles. The first-order chi connectivity index (χ1) is 11.7. The fourth-order valence-corrected chi connectivity index (χ4v) is 3.16. The molecular formula is C16H26N2O6S. The summed E-state index contributed by atoms with van der Waals surface area (Å²) in [6.07, 6.45) is 0. The van der Waals surface area contributed by atoms with E-state index in [4.69, 9.17) is 19.9 Å². The fourth-order valence-electron chi connectivity index (χ4n) is 1.89. The second-order valence-electron chi connectivity index (χ2n) is 5.81. The Hall–Kier alpha value is -1.52. The number of sulfonamides is 1. The van der Waals surface area contributed by atoms with Gasteiger partial charge in [0, 0.05) is 14.2 Å². The molecule has 0 aliphatic rings. The van der Waals surface area contributed by atoms with Crippen molar-refractivity contribution in [3.8, 4) is 0 Å². The average molecular weight is 374 g/mol. The lowest BCUT2D eigenvalue weighted by molar-refractivity contribution is -0.147. The van der Waals surface area contributed by atoms with Crippen LogP contribution in [0, 0.1) is 5.92 Å². The summed E-state index contributed by atoms with van der Waals surface area (Å²) in [5.41, 5.74) is 6.37. The average Bonchev–Trinajstić information content (AvgIpc) is 2.59. The van der Waals surface area contributed by atoms with Gasteiger partial charge in [0.2, 0.25) is 10.0 Å². The van der Waals surface area contributed by atoms with Crippen molar-refractivity contribution >= 4 is 16.0 Å². The lowest BCUT2D eigenvalue weighted by Crippen LogP contribution is -2.36. The maximum absolute atomic E-state index is 12.5. The molecule has 0 bridgehead atoms. The second-order valence-corrected chi connectivity index (χ2v) is 7.75. The first-order valence-electron chi connectivity index (χ1n) is 7.73. The van der Waals surface area contributed by atoms with Gasteiger partial charge < -0.3 is 19.9 Å². The molecular weight excluding hydrogens is 348 g/mol. The minimum absolute atomic E-state index is 0.0208. The highest BCUT2D eigenvalue weighted by molar-refractivity contribution is 7.89. The van der Waals surface area contributed by atoms with Crippen molar-refractivity contribution in [2.24, 2.45) is 11.7 Å². The molecule has 0 saturated carbocycles. The van der Waals surface area contributed by atoms with Gasteiger partial charge in [-0.25, -0.2) is 8.42 Å². The van der Waals surface area contributed by atoms with Crippen LogP contribution in [0.4, 0.5) is 0 Å². The quantitative estimate of drug-likeness (QED) is 0.479. The largest absolute Gasteiger partial charge is 0.460 e. The van der Waals surface area contributed by atoms with E-state index in [2.05, 4.69) is 0 Å². The Labute approximate surface area is 148 Å². The normalized spacial score (nSPS) is 13.2. The van der Waals surface area contributed by atoms with Gasteiger partial charge in [-0.15, -0.1) is 4.31 Å². The Morgan fingerprint density at radius 2 is 1.64 bits per heavy atom. The maximum atomic E-state index is 12.5. The molecule has 1 rings (SSSR count). The van der Waals surface area contributed by atoms with Crippen LogP contribution in [0.5, 0.6) is 0 Å². The summed E-state index contributed by atoms with van der Waals surface area (Å²) in [5.74, 6) is -0.509. The zero-order valence-corrected chi connectivity index (χ0v) is 15.8. The van der Waals surface area contributed by atoms with Crippen molar-refractivity contribution < 1.29 is 27.4 Å². The van der Waals surface area contributed by atoms with Gasteiger partial charge in [-0.2, -0.15) is 0 Å². The SMILES string of the molecule is COCN(COC)S(=O)(=O)c1ccc(COC(=O)[C@@H](N)C(C)C)cc1. The van der Waals surface area contributed by atoms with Crippen LogP contribution in [0.2, 0.25) is 0 Å². The van der Waals surface area contributed by atoms with E-state index in [0.29, 0.717) is 5.56 Å². The van der Waals surface area contributed by atoms with E-state index in [0.717, 1.165) is 4.31 Å². The Morgan fingerprint density at radius 3 is 2.08 bits per heavy atom. The summed E-state index contributed by atoms with van der Waals surface area (Å²) in [6, 6.07) is 5.37. The highest BCUT2D eigenvalue weighted by atomic mass is 32.2. The van der Waals surface area contributed by atoms with Gasteiger partial charge in [-0.05, 0) is 23.6 Å². The Balaban J connectivity index is 2.79. The van der Waals surface area contributed by atoms with E-state index in [1.54, 1.807) is 12.1 Å². The predicted molar refractivity (Wildman–Crippen MR) is 91.8 cm³/mol. The number of benzene rings is 1. The van der Waals surface area contributed by atoms with E-state index in [-0.39, 0.29) is 30.9 Å². The molecule has 0 amide bonds. The maximum Gasteiger partial charge on any atom is 0.323 e. The molecule has 25 heavy (non-hydrogen) atoms. The number of carbonyl (C=O) groups excluding carboxylic acids is 1. The molecule has 0 aliphatic heterocycles. The van der Waals surface area contributed by atoms with Crippen molar-refractivity contribution in [3.63, 3.8) is 0 Å². The first-order valence-corrected chi connectivity index (χ1v) is 9.17. The van der Waals surface area contributed by atoms with Crippen molar-refractivity contribution in [2.45, 2.75) is 31.4 Å². The molecule has 0 unspecified atom stereocenters. The van der Waals surface area contributed by atoms with Crippen molar-refractivity contribution in [1.82, 2.24) is 4.31 Å². The van der Waals surface area contributed by atoms with Crippen LogP contribution >= 0.6 is 0 Å². The lowest BCUT2D eigenvalue weighted by Gasteiger charge is -2.20. The van der Waals surface area contributed by atoms with Crippen LogP contribution in [0.25, 0.3) is 0 Å². The molecule has 1 aromatic rings. The van der Waals surface area contributed by atoms with Gasteiger partial charge in [0.15, 0.2) is 0 Å². The number of rotatable bonds is 10. The molecule has 8 nitrogen and oxygen atoms in total. The number of hydrogen-bond acceptors (Lipinski definition) is 7. The molecule has 0 radical (unpaired) electrons. The third-order valence-electron chi connectivity index (χ3n) is 3.48. The minimum Gasteiger partial charge on any atom is -0.460 e. The standard InChI is InChI=1S/C16H26N2O6S/c1-12(2)15(17)16(19)24-9-13-5-7-14(8-6-13)25(20,21)18(10-22-3)11-23-4/h5-8,12,15H,9-11,17H2,1-4H3/t15-/m0/s1. The summed E-state index contributed by atoms with van der Waals surface area (Å²) >= 11 is 0. The van der Waals surface area contributed by atoms with Crippen molar-refractivity contribution in [2.75, 3.05) is 27.7 Å². The van der Waals surface area contributed by atoms with Gasteiger partial charge >= 0.3 is 5.97 Å². The van der Waals surface area contributed by atoms with Crippen LogP contribution in [0.3, 0.4) is 0 Å². The number of methoxy groups -OCH3 is 2. The molecule has 2 N–H and O–H groups in total. The molecule has 0 fully saturated rings. The number of nitrogens with zero attached hydrogens (tertiary/aromatic N) is 1. The van der Waals surface area contributed by atoms with Crippen LogP contribution in [0.1, 0.15) is 19.4 Å². The fraction of sp³-hybridized carbons (Fsp3) is 0.562. The van der Waals surface area contributed by atoms with Gasteiger partial charge in [0.25, 0.3) is 0 Å². The highest BCUT2D eigenvalue weighted by Gasteiger charge is 2.24. The van der Waals surface area contributed by atoms with Crippen LogP contribution in [-0.4, -0.2) is 52.4 Å². The van der Waals surface area contributed by atoms with E-state index >= 15 is 0 Å². The summed E-state index contributed by atoms with van der Waals surface area (Å²) < 4.78 is 41.0. The highest BCUT2D eigenvalue weighted by Crippen LogP contribution is 2.17. The summed E-state index contributed by atoms with van der Waals surface area (Å²) in [5, 5.41) is 0. The third kappa shape index (κ3) is 6.05. The topological polar surface area (TPSA) is 108 Å².